The summed E-state index contributed by atoms with van der Waals surface area (Å²) in [6, 6.07) is 16.7. The molecule has 0 spiro atoms. The summed E-state index contributed by atoms with van der Waals surface area (Å²) < 4.78 is 2.03. The normalized spacial score (nSPS) is 11.3. The first kappa shape index (κ1) is 15.6. The van der Waals surface area contributed by atoms with Crippen molar-refractivity contribution in [3.63, 3.8) is 0 Å². The molecule has 0 amide bonds. The molecule has 27 heavy (non-hydrogen) atoms. The van der Waals surface area contributed by atoms with E-state index >= 15 is 0 Å². The number of benzene rings is 2. The minimum Gasteiger partial charge on any atom is -0.357 e. The molecule has 2 aromatic carbocycles. The number of rotatable bonds is 4. The van der Waals surface area contributed by atoms with Gasteiger partial charge in [0.1, 0.15) is 11.8 Å². The summed E-state index contributed by atoms with van der Waals surface area (Å²) in [6.45, 7) is 2.86. The monoisotopic (exact) mass is 354 g/mol. The Morgan fingerprint density at radius 1 is 1.07 bits per heavy atom. The molecule has 6 nitrogen and oxygen atoms in total. The Hall–Kier alpha value is -3.67. The Balaban J connectivity index is 1.45. The van der Waals surface area contributed by atoms with Crippen LogP contribution < -0.4 is 5.32 Å². The molecule has 0 saturated carbocycles. The fourth-order valence-corrected chi connectivity index (χ4v) is 3.38. The maximum Gasteiger partial charge on any atom is 0.158 e. The number of aryl methyl sites for hydroxylation is 1. The lowest BCUT2D eigenvalue weighted by Gasteiger charge is -2.08. The third kappa shape index (κ3) is 2.91. The second-order valence-corrected chi connectivity index (χ2v) is 6.65. The van der Waals surface area contributed by atoms with Crippen molar-refractivity contribution in [3.05, 3.63) is 78.4 Å². The minimum atomic E-state index is 0.757. The molecule has 0 radical (unpaired) electrons. The van der Waals surface area contributed by atoms with E-state index < -0.39 is 0 Å². The van der Waals surface area contributed by atoms with E-state index in [-0.39, 0.29) is 0 Å². The summed E-state index contributed by atoms with van der Waals surface area (Å²) in [5.41, 5.74) is 6.36. The highest BCUT2D eigenvalue weighted by molar-refractivity contribution is 5.89. The molecule has 0 aliphatic carbocycles. The number of fused-ring (bicyclic) bond motifs is 2. The van der Waals surface area contributed by atoms with Crippen molar-refractivity contribution in [1.29, 1.82) is 0 Å². The number of H-pyrrole nitrogens is 1. The maximum atomic E-state index is 4.57. The van der Waals surface area contributed by atoms with E-state index in [1.807, 2.05) is 29.2 Å². The molecular weight excluding hydrogens is 336 g/mol. The highest BCUT2D eigenvalue weighted by Gasteiger charge is 2.08. The summed E-state index contributed by atoms with van der Waals surface area (Å²) in [5.74, 6) is 0.761. The molecular formula is C21H18N6. The standard InChI is InChI=1S/C21H18N6/c1-14-3-2-4-15(9-14)12-27-19-6-5-17(10-16(19)11-25-27)26-21-20-18(7-8-22-20)23-13-24-21/h2-11,13,22H,12H2,1H3,(H,23,24,26). The van der Waals surface area contributed by atoms with Gasteiger partial charge in [0, 0.05) is 17.3 Å². The van der Waals surface area contributed by atoms with Gasteiger partial charge >= 0.3 is 0 Å². The van der Waals surface area contributed by atoms with Gasteiger partial charge in [-0.3, -0.25) is 4.68 Å². The van der Waals surface area contributed by atoms with E-state index in [1.165, 1.54) is 11.1 Å². The second kappa shape index (κ2) is 6.25. The first-order valence-corrected chi connectivity index (χ1v) is 8.82. The van der Waals surface area contributed by atoms with Crippen LogP contribution >= 0.6 is 0 Å². The van der Waals surface area contributed by atoms with Crippen LogP contribution in [0.4, 0.5) is 11.5 Å². The quantitative estimate of drug-likeness (QED) is 0.501. The van der Waals surface area contributed by atoms with Crippen molar-refractivity contribution < 1.29 is 0 Å². The fraction of sp³-hybridized carbons (Fsp3) is 0.0952. The zero-order valence-electron chi connectivity index (χ0n) is 14.8. The Morgan fingerprint density at radius 2 is 2.04 bits per heavy atom. The molecule has 0 saturated heterocycles. The third-order valence-electron chi connectivity index (χ3n) is 4.66. The highest BCUT2D eigenvalue weighted by Crippen LogP contribution is 2.25. The van der Waals surface area contributed by atoms with Gasteiger partial charge in [0.2, 0.25) is 0 Å². The topological polar surface area (TPSA) is 71.4 Å². The van der Waals surface area contributed by atoms with Crippen LogP contribution in [0.1, 0.15) is 11.1 Å². The molecule has 3 heterocycles. The van der Waals surface area contributed by atoms with Crippen LogP contribution in [0, 0.1) is 6.92 Å². The van der Waals surface area contributed by atoms with E-state index in [9.17, 15) is 0 Å². The minimum absolute atomic E-state index is 0.757. The number of hydrogen-bond acceptors (Lipinski definition) is 4. The summed E-state index contributed by atoms with van der Waals surface area (Å²) in [7, 11) is 0. The summed E-state index contributed by atoms with van der Waals surface area (Å²) in [5, 5.41) is 9.03. The SMILES string of the molecule is Cc1cccc(Cn2ncc3cc(Nc4ncnc5cc[nH]c45)ccc32)c1. The number of aromatic amines is 1. The Kier molecular flexibility index (Phi) is 3.60. The van der Waals surface area contributed by atoms with Crippen LogP contribution in [0.3, 0.4) is 0 Å². The molecule has 0 atom stereocenters. The molecule has 6 heteroatoms. The molecule has 5 rings (SSSR count). The predicted molar refractivity (Wildman–Crippen MR) is 107 cm³/mol. The van der Waals surface area contributed by atoms with Gasteiger partial charge in [-0.1, -0.05) is 29.8 Å². The van der Waals surface area contributed by atoms with Gasteiger partial charge in [0.15, 0.2) is 5.82 Å². The van der Waals surface area contributed by atoms with Crippen LogP contribution in [0.15, 0.2) is 67.3 Å². The Labute approximate surface area is 155 Å². The first-order valence-electron chi connectivity index (χ1n) is 8.82. The number of nitrogens with zero attached hydrogens (tertiary/aromatic N) is 4. The number of nitrogens with one attached hydrogen (secondary N) is 2. The van der Waals surface area contributed by atoms with Crippen LogP contribution in [-0.4, -0.2) is 24.7 Å². The first-order chi connectivity index (χ1) is 13.3. The summed E-state index contributed by atoms with van der Waals surface area (Å²) in [6.07, 6.45) is 5.33. The number of anilines is 2. The summed E-state index contributed by atoms with van der Waals surface area (Å²) >= 11 is 0. The molecule has 0 unspecified atom stereocenters. The highest BCUT2D eigenvalue weighted by atomic mass is 15.3. The van der Waals surface area contributed by atoms with E-state index in [4.69, 9.17) is 0 Å². The predicted octanol–water partition coefficient (Wildman–Crippen LogP) is 4.41. The smallest absolute Gasteiger partial charge is 0.158 e. The fourth-order valence-electron chi connectivity index (χ4n) is 3.38. The lowest BCUT2D eigenvalue weighted by Crippen LogP contribution is -2.01. The second-order valence-electron chi connectivity index (χ2n) is 6.65. The Morgan fingerprint density at radius 3 is 2.96 bits per heavy atom. The lowest BCUT2D eigenvalue weighted by molar-refractivity contribution is 0.712. The van der Waals surface area contributed by atoms with Gasteiger partial charge in [0.25, 0.3) is 0 Å². The van der Waals surface area contributed by atoms with Gasteiger partial charge in [-0.05, 0) is 36.8 Å². The average Bonchev–Trinajstić information content (AvgIpc) is 3.29. The van der Waals surface area contributed by atoms with E-state index in [1.54, 1.807) is 6.33 Å². The third-order valence-corrected chi connectivity index (χ3v) is 4.66. The van der Waals surface area contributed by atoms with E-state index in [0.29, 0.717) is 0 Å². The molecule has 0 aliphatic rings. The van der Waals surface area contributed by atoms with E-state index in [2.05, 4.69) is 68.7 Å². The lowest BCUT2D eigenvalue weighted by atomic mass is 10.1. The molecule has 132 valence electrons. The average molecular weight is 354 g/mol. The Bertz CT molecular complexity index is 1250. The maximum absolute atomic E-state index is 4.57. The molecule has 3 aromatic heterocycles. The molecule has 2 N–H and O–H groups in total. The number of aromatic nitrogens is 5. The summed E-state index contributed by atoms with van der Waals surface area (Å²) in [4.78, 5) is 11.8. The van der Waals surface area contributed by atoms with E-state index in [0.717, 1.165) is 40.0 Å². The van der Waals surface area contributed by atoms with Crippen molar-refractivity contribution in [3.8, 4) is 0 Å². The van der Waals surface area contributed by atoms with Crippen LogP contribution in [-0.2, 0) is 6.54 Å². The van der Waals surface area contributed by atoms with Crippen LogP contribution in [0.5, 0.6) is 0 Å². The van der Waals surface area contributed by atoms with Gasteiger partial charge in [-0.15, -0.1) is 0 Å². The molecule has 5 aromatic rings. The van der Waals surface area contributed by atoms with Crippen molar-refractivity contribution in [2.24, 2.45) is 0 Å². The van der Waals surface area contributed by atoms with Crippen molar-refractivity contribution in [2.45, 2.75) is 13.5 Å². The van der Waals surface area contributed by atoms with Gasteiger partial charge < -0.3 is 10.3 Å². The molecule has 0 bridgehead atoms. The number of hydrogen-bond donors (Lipinski definition) is 2. The van der Waals surface area contributed by atoms with Gasteiger partial charge in [-0.2, -0.15) is 5.10 Å². The largest absolute Gasteiger partial charge is 0.357 e. The van der Waals surface area contributed by atoms with Gasteiger partial charge in [-0.25, -0.2) is 9.97 Å². The zero-order valence-corrected chi connectivity index (χ0v) is 14.8. The van der Waals surface area contributed by atoms with Crippen molar-refractivity contribution in [2.75, 3.05) is 5.32 Å². The zero-order chi connectivity index (χ0) is 18.2. The van der Waals surface area contributed by atoms with Crippen molar-refractivity contribution >= 4 is 33.4 Å². The molecule has 0 fully saturated rings. The molecule has 0 aliphatic heterocycles. The van der Waals surface area contributed by atoms with Crippen LogP contribution in [0.25, 0.3) is 21.9 Å². The van der Waals surface area contributed by atoms with Crippen LogP contribution in [0.2, 0.25) is 0 Å². The van der Waals surface area contributed by atoms with Crippen molar-refractivity contribution in [1.82, 2.24) is 24.7 Å². The van der Waals surface area contributed by atoms with Gasteiger partial charge in [0.05, 0.1) is 23.8 Å².